The van der Waals surface area contributed by atoms with Gasteiger partial charge in [-0.3, -0.25) is 0 Å². The number of hydrogen-bond donors (Lipinski definition) is 1. The molecule has 0 amide bonds. The molecule has 108 valence electrons. The second kappa shape index (κ2) is 5.49. The van der Waals surface area contributed by atoms with Gasteiger partial charge in [0.05, 0.1) is 16.4 Å². The van der Waals surface area contributed by atoms with E-state index in [1.807, 2.05) is 0 Å². The van der Waals surface area contributed by atoms with Crippen LogP contribution in [0.3, 0.4) is 0 Å². The van der Waals surface area contributed by atoms with Crippen molar-refractivity contribution < 1.29 is 16.8 Å². The molecule has 0 radical (unpaired) electrons. The molecule has 6 nitrogen and oxygen atoms in total. The lowest BCUT2D eigenvalue weighted by molar-refractivity contribution is 0.430. The van der Waals surface area contributed by atoms with Gasteiger partial charge in [-0.05, 0) is 18.5 Å². The fourth-order valence-electron chi connectivity index (χ4n) is 1.92. The van der Waals surface area contributed by atoms with Crippen LogP contribution in [0, 0.1) is 0 Å². The minimum Gasteiger partial charge on any atom is -0.315 e. The largest absolute Gasteiger partial charge is 0.315 e. The van der Waals surface area contributed by atoms with Crippen molar-refractivity contribution in [1.82, 2.24) is 9.62 Å². The molecule has 0 aromatic carbocycles. The molecule has 1 aliphatic heterocycles. The quantitative estimate of drug-likeness (QED) is 0.835. The number of hydrogen-bond acceptors (Lipinski definition) is 6. The Hall–Kier alpha value is -0.480. The predicted octanol–water partition coefficient (Wildman–Crippen LogP) is -0.113. The molecule has 9 heteroatoms. The van der Waals surface area contributed by atoms with E-state index in [9.17, 15) is 16.8 Å². The first-order valence-electron chi connectivity index (χ1n) is 5.78. The highest BCUT2D eigenvalue weighted by Crippen LogP contribution is 2.26. The van der Waals surface area contributed by atoms with Crippen molar-refractivity contribution in [2.24, 2.45) is 0 Å². The molecule has 2 heterocycles. The maximum atomic E-state index is 12.5. The summed E-state index contributed by atoms with van der Waals surface area (Å²) >= 11 is 1.38. The summed E-state index contributed by atoms with van der Waals surface area (Å²) in [6.07, 6.45) is 0. The molecule has 0 unspecified atom stereocenters. The summed E-state index contributed by atoms with van der Waals surface area (Å²) in [5.41, 5.74) is 0. The van der Waals surface area contributed by atoms with Crippen molar-refractivity contribution in [1.29, 1.82) is 0 Å². The fourth-order valence-corrected chi connectivity index (χ4v) is 6.22. The van der Waals surface area contributed by atoms with Gasteiger partial charge in [0, 0.05) is 24.5 Å². The molecule has 1 N–H and O–H groups in total. The summed E-state index contributed by atoms with van der Waals surface area (Å²) in [4.78, 5) is 1.03. The molecule has 1 fully saturated rings. The van der Waals surface area contributed by atoms with Crippen LogP contribution in [0.1, 0.15) is 4.88 Å². The third-order valence-electron chi connectivity index (χ3n) is 2.96. The zero-order valence-electron chi connectivity index (χ0n) is 10.5. The Balaban J connectivity index is 2.25. The Kier molecular flexibility index (Phi) is 4.31. The standard InChI is InChI=1S/C10H16N2O4S3/c1-11-8-9-10(2-5-17-9)19(15,16)12-3-6-18(13,14)7-4-12/h2,5,11H,3-4,6-8H2,1H3. The number of sulfone groups is 1. The maximum absolute atomic E-state index is 12.5. The van der Waals surface area contributed by atoms with Crippen molar-refractivity contribution in [3.63, 3.8) is 0 Å². The third-order valence-corrected chi connectivity index (χ3v) is 7.61. The molecule has 1 saturated heterocycles. The highest BCUT2D eigenvalue weighted by atomic mass is 32.2. The van der Waals surface area contributed by atoms with E-state index in [0.29, 0.717) is 6.54 Å². The molecule has 0 spiro atoms. The molecule has 1 aromatic rings. The van der Waals surface area contributed by atoms with Gasteiger partial charge in [-0.2, -0.15) is 4.31 Å². The predicted molar refractivity (Wildman–Crippen MR) is 74.5 cm³/mol. The monoisotopic (exact) mass is 324 g/mol. The minimum absolute atomic E-state index is 0.0412. The number of nitrogens with zero attached hydrogens (tertiary/aromatic N) is 1. The summed E-state index contributed by atoms with van der Waals surface area (Å²) in [5, 5.41) is 4.67. The van der Waals surface area contributed by atoms with Crippen molar-refractivity contribution in [3.05, 3.63) is 16.3 Å². The molecule has 0 bridgehead atoms. The van der Waals surface area contributed by atoms with E-state index in [1.54, 1.807) is 18.5 Å². The van der Waals surface area contributed by atoms with E-state index in [-0.39, 0.29) is 29.5 Å². The number of thiophene rings is 1. The topological polar surface area (TPSA) is 83.6 Å². The first-order chi connectivity index (χ1) is 8.87. The van der Waals surface area contributed by atoms with Gasteiger partial charge in [0.15, 0.2) is 9.84 Å². The zero-order valence-corrected chi connectivity index (χ0v) is 12.9. The SMILES string of the molecule is CNCc1sccc1S(=O)(=O)N1CCS(=O)(=O)CC1. The maximum Gasteiger partial charge on any atom is 0.244 e. The van der Waals surface area contributed by atoms with Gasteiger partial charge in [-0.1, -0.05) is 0 Å². The second-order valence-corrected chi connectivity index (χ2v) is 9.50. The van der Waals surface area contributed by atoms with Gasteiger partial charge in [0.1, 0.15) is 0 Å². The first-order valence-corrected chi connectivity index (χ1v) is 9.92. The fraction of sp³-hybridized carbons (Fsp3) is 0.600. The lowest BCUT2D eigenvalue weighted by Gasteiger charge is -2.26. The summed E-state index contributed by atoms with van der Waals surface area (Å²) < 4.78 is 48.9. The highest BCUT2D eigenvalue weighted by Gasteiger charge is 2.32. The molecule has 19 heavy (non-hydrogen) atoms. The van der Waals surface area contributed by atoms with E-state index >= 15 is 0 Å². The van der Waals surface area contributed by atoms with Crippen LogP contribution in [0.2, 0.25) is 0 Å². The number of nitrogens with one attached hydrogen (secondary N) is 1. The minimum atomic E-state index is -3.58. The van der Waals surface area contributed by atoms with Gasteiger partial charge in [0.2, 0.25) is 10.0 Å². The van der Waals surface area contributed by atoms with Crippen LogP contribution in [0.15, 0.2) is 16.3 Å². The van der Waals surface area contributed by atoms with Crippen LogP contribution in [0.4, 0.5) is 0 Å². The Morgan fingerprint density at radius 1 is 1.37 bits per heavy atom. The summed E-state index contributed by atoms with van der Waals surface area (Å²) in [6.45, 7) is 0.567. The zero-order chi connectivity index (χ0) is 14.1. The van der Waals surface area contributed by atoms with E-state index in [4.69, 9.17) is 0 Å². The Morgan fingerprint density at radius 2 is 2.00 bits per heavy atom. The summed E-state index contributed by atoms with van der Waals surface area (Å²) in [5.74, 6) is -0.199. The van der Waals surface area contributed by atoms with Crippen molar-refractivity contribution in [3.8, 4) is 0 Å². The van der Waals surface area contributed by atoms with Crippen LogP contribution in [0.5, 0.6) is 0 Å². The van der Waals surface area contributed by atoms with Crippen molar-refractivity contribution >= 4 is 31.2 Å². The normalized spacial score (nSPS) is 20.5. The molecular weight excluding hydrogens is 308 g/mol. The van der Waals surface area contributed by atoms with Crippen LogP contribution < -0.4 is 5.32 Å². The van der Waals surface area contributed by atoms with Gasteiger partial charge < -0.3 is 5.32 Å². The number of rotatable bonds is 4. The van der Waals surface area contributed by atoms with E-state index < -0.39 is 19.9 Å². The van der Waals surface area contributed by atoms with Crippen molar-refractivity contribution in [2.45, 2.75) is 11.4 Å². The molecule has 0 atom stereocenters. The van der Waals surface area contributed by atoms with Gasteiger partial charge in [-0.25, -0.2) is 16.8 Å². The van der Waals surface area contributed by atoms with Crippen LogP contribution in [-0.4, -0.2) is 52.8 Å². The molecule has 0 saturated carbocycles. The summed E-state index contributed by atoms with van der Waals surface area (Å²) in [6, 6.07) is 1.58. The lowest BCUT2D eigenvalue weighted by Crippen LogP contribution is -2.43. The smallest absolute Gasteiger partial charge is 0.244 e. The molecule has 1 aliphatic rings. The lowest BCUT2D eigenvalue weighted by atomic mass is 10.5. The van der Waals surface area contributed by atoms with E-state index in [2.05, 4.69) is 5.32 Å². The molecular formula is C10H16N2O4S3. The molecule has 1 aromatic heterocycles. The Labute approximate surface area is 117 Å². The molecule has 0 aliphatic carbocycles. The number of sulfonamides is 1. The van der Waals surface area contributed by atoms with Gasteiger partial charge >= 0.3 is 0 Å². The average Bonchev–Trinajstić information content (AvgIpc) is 2.78. The van der Waals surface area contributed by atoms with E-state index in [0.717, 1.165) is 4.88 Å². The van der Waals surface area contributed by atoms with Gasteiger partial charge in [0.25, 0.3) is 0 Å². The third kappa shape index (κ3) is 3.16. The highest BCUT2D eigenvalue weighted by molar-refractivity contribution is 7.92. The van der Waals surface area contributed by atoms with Crippen LogP contribution in [0.25, 0.3) is 0 Å². The Bertz CT molecular complexity index is 634. The Morgan fingerprint density at radius 3 is 2.58 bits per heavy atom. The van der Waals surface area contributed by atoms with E-state index in [1.165, 1.54) is 15.6 Å². The van der Waals surface area contributed by atoms with Crippen LogP contribution in [-0.2, 0) is 26.4 Å². The first kappa shape index (κ1) is 14.9. The van der Waals surface area contributed by atoms with Crippen molar-refractivity contribution in [2.75, 3.05) is 31.6 Å². The second-order valence-electron chi connectivity index (χ2n) is 4.29. The van der Waals surface area contributed by atoms with Gasteiger partial charge in [-0.15, -0.1) is 11.3 Å². The summed E-state index contributed by atoms with van der Waals surface area (Å²) in [7, 11) is -4.91. The van der Waals surface area contributed by atoms with Crippen LogP contribution >= 0.6 is 11.3 Å². The molecule has 2 rings (SSSR count). The average molecular weight is 324 g/mol.